The van der Waals surface area contributed by atoms with Crippen LogP contribution in [0.5, 0.6) is 0 Å². The van der Waals surface area contributed by atoms with E-state index in [9.17, 15) is 4.79 Å². The first-order chi connectivity index (χ1) is 10.3. The molecule has 0 bridgehead atoms. The third-order valence-electron chi connectivity index (χ3n) is 3.31. The van der Waals surface area contributed by atoms with Crippen LogP contribution in [0.1, 0.15) is 41.9 Å². The summed E-state index contributed by atoms with van der Waals surface area (Å²) in [5.41, 5.74) is 1.33. The summed E-state index contributed by atoms with van der Waals surface area (Å²) in [7, 11) is 0. The van der Waals surface area contributed by atoms with Crippen LogP contribution < -0.4 is 5.32 Å². The highest BCUT2D eigenvalue weighted by atomic mass is 32.2. The minimum absolute atomic E-state index is 0.165. The first-order valence-electron chi connectivity index (χ1n) is 7.13. The molecular weight excluding hydrogens is 282 g/mol. The van der Waals surface area contributed by atoms with Gasteiger partial charge in [0.15, 0.2) is 0 Å². The number of aromatic nitrogens is 2. The molecule has 1 N–H and O–H groups in total. The van der Waals surface area contributed by atoms with E-state index in [1.54, 1.807) is 24.2 Å². The van der Waals surface area contributed by atoms with Crippen LogP contribution in [0.4, 0.5) is 5.69 Å². The van der Waals surface area contributed by atoms with Gasteiger partial charge in [0.25, 0.3) is 5.91 Å². The van der Waals surface area contributed by atoms with Crippen molar-refractivity contribution in [3.63, 3.8) is 0 Å². The van der Waals surface area contributed by atoms with Crippen LogP contribution in [-0.2, 0) is 0 Å². The second-order valence-electron chi connectivity index (χ2n) is 4.99. The zero-order valence-corrected chi connectivity index (χ0v) is 12.7. The smallest absolute Gasteiger partial charge is 0.258 e. The van der Waals surface area contributed by atoms with Crippen LogP contribution in [0.3, 0.4) is 0 Å². The van der Waals surface area contributed by atoms with Gasteiger partial charge in [0.05, 0.1) is 11.3 Å². The molecular formula is C16H17N3OS. The van der Waals surface area contributed by atoms with Gasteiger partial charge in [-0.2, -0.15) is 0 Å². The summed E-state index contributed by atoms with van der Waals surface area (Å²) in [6, 6.07) is 7.81. The Labute approximate surface area is 128 Å². The molecule has 1 aromatic carbocycles. The average Bonchev–Trinajstić information content (AvgIpc) is 3.34. The number of amides is 1. The molecule has 0 saturated heterocycles. The molecule has 1 aliphatic rings. The van der Waals surface area contributed by atoms with Gasteiger partial charge in [-0.3, -0.25) is 4.79 Å². The lowest BCUT2D eigenvalue weighted by Crippen LogP contribution is -2.13. The summed E-state index contributed by atoms with van der Waals surface area (Å²) in [5, 5.41) is 2.94. The van der Waals surface area contributed by atoms with E-state index in [-0.39, 0.29) is 5.91 Å². The van der Waals surface area contributed by atoms with Crippen LogP contribution in [0.2, 0.25) is 0 Å². The molecule has 0 spiro atoms. The van der Waals surface area contributed by atoms with Crippen molar-refractivity contribution in [3.8, 4) is 0 Å². The molecule has 5 heteroatoms. The number of carbonyl (C=O) groups excluding carboxylic acids is 1. The summed E-state index contributed by atoms with van der Waals surface area (Å²) < 4.78 is 0. The van der Waals surface area contributed by atoms with E-state index in [0.717, 1.165) is 35.0 Å². The van der Waals surface area contributed by atoms with E-state index >= 15 is 0 Å². The summed E-state index contributed by atoms with van der Waals surface area (Å²) >= 11 is 1.71. The molecule has 4 nitrogen and oxygen atoms in total. The normalized spacial score (nSPS) is 14.0. The number of anilines is 1. The summed E-state index contributed by atoms with van der Waals surface area (Å²) in [5.74, 6) is 2.16. The Balaban J connectivity index is 1.73. The van der Waals surface area contributed by atoms with E-state index in [4.69, 9.17) is 0 Å². The second kappa shape index (κ2) is 6.26. The van der Waals surface area contributed by atoms with Crippen LogP contribution in [0, 0.1) is 0 Å². The zero-order valence-electron chi connectivity index (χ0n) is 11.9. The maximum Gasteiger partial charge on any atom is 0.258 e. The highest BCUT2D eigenvalue weighted by Gasteiger charge is 2.26. The quantitative estimate of drug-likeness (QED) is 0.855. The number of hydrogen-bond acceptors (Lipinski definition) is 4. The third kappa shape index (κ3) is 3.42. The van der Waals surface area contributed by atoms with Gasteiger partial charge in [0.2, 0.25) is 0 Å². The van der Waals surface area contributed by atoms with Crippen molar-refractivity contribution in [1.29, 1.82) is 0 Å². The van der Waals surface area contributed by atoms with Crippen molar-refractivity contribution in [2.45, 2.75) is 30.6 Å². The van der Waals surface area contributed by atoms with Gasteiger partial charge in [-0.1, -0.05) is 19.1 Å². The molecule has 1 amide bonds. The first kappa shape index (κ1) is 14.1. The Hall–Kier alpha value is -1.88. The van der Waals surface area contributed by atoms with Crippen molar-refractivity contribution in [2.24, 2.45) is 0 Å². The fraction of sp³-hybridized carbons (Fsp3) is 0.312. The van der Waals surface area contributed by atoms with Gasteiger partial charge in [0.1, 0.15) is 5.82 Å². The molecule has 1 fully saturated rings. The van der Waals surface area contributed by atoms with Crippen molar-refractivity contribution in [2.75, 3.05) is 11.1 Å². The molecule has 108 valence electrons. The molecule has 0 atom stereocenters. The lowest BCUT2D eigenvalue weighted by atomic mass is 10.2. The lowest BCUT2D eigenvalue weighted by Gasteiger charge is -2.09. The fourth-order valence-corrected chi connectivity index (χ4v) is 2.81. The largest absolute Gasteiger partial charge is 0.321 e. The Kier molecular flexibility index (Phi) is 4.20. The molecule has 0 aliphatic heterocycles. The standard InChI is InChI=1S/C16H17N3OS/c1-2-21-14-6-4-3-5-13(14)19-16(20)12-9-17-15(18-10-12)11-7-8-11/h3-6,9-11H,2,7-8H2,1H3,(H,19,20). The summed E-state index contributed by atoms with van der Waals surface area (Å²) in [6.45, 7) is 2.09. The zero-order chi connectivity index (χ0) is 14.7. The van der Waals surface area contributed by atoms with E-state index in [1.165, 1.54) is 0 Å². The van der Waals surface area contributed by atoms with Gasteiger partial charge in [0, 0.05) is 23.2 Å². The molecule has 3 rings (SSSR count). The van der Waals surface area contributed by atoms with E-state index in [0.29, 0.717) is 11.5 Å². The predicted molar refractivity (Wildman–Crippen MR) is 84.8 cm³/mol. The molecule has 1 heterocycles. The molecule has 2 aromatic rings. The number of para-hydroxylation sites is 1. The molecule has 0 unspecified atom stereocenters. The van der Waals surface area contributed by atoms with Gasteiger partial charge in [-0.25, -0.2) is 9.97 Å². The number of hydrogen-bond donors (Lipinski definition) is 1. The number of rotatable bonds is 5. The highest BCUT2D eigenvalue weighted by Crippen LogP contribution is 2.37. The molecule has 1 saturated carbocycles. The number of nitrogens with one attached hydrogen (secondary N) is 1. The Morgan fingerprint density at radius 3 is 2.67 bits per heavy atom. The van der Waals surface area contributed by atoms with E-state index in [1.807, 2.05) is 24.3 Å². The second-order valence-corrected chi connectivity index (χ2v) is 6.29. The molecule has 1 aromatic heterocycles. The molecule has 0 radical (unpaired) electrons. The fourth-order valence-electron chi connectivity index (χ4n) is 2.05. The highest BCUT2D eigenvalue weighted by molar-refractivity contribution is 7.99. The lowest BCUT2D eigenvalue weighted by molar-refractivity contribution is 0.102. The van der Waals surface area contributed by atoms with Crippen molar-refractivity contribution < 1.29 is 4.79 Å². The third-order valence-corrected chi connectivity index (χ3v) is 4.27. The monoisotopic (exact) mass is 299 g/mol. The number of nitrogens with zero attached hydrogens (tertiary/aromatic N) is 2. The topological polar surface area (TPSA) is 54.9 Å². The van der Waals surface area contributed by atoms with Crippen LogP contribution in [0.15, 0.2) is 41.6 Å². The maximum atomic E-state index is 12.3. The Bertz CT molecular complexity index is 638. The molecule has 1 aliphatic carbocycles. The van der Waals surface area contributed by atoms with Crippen molar-refractivity contribution in [1.82, 2.24) is 9.97 Å². The minimum Gasteiger partial charge on any atom is -0.321 e. The van der Waals surface area contributed by atoms with E-state index in [2.05, 4.69) is 22.2 Å². The number of benzene rings is 1. The number of thioether (sulfide) groups is 1. The van der Waals surface area contributed by atoms with Crippen LogP contribution in [-0.4, -0.2) is 21.6 Å². The van der Waals surface area contributed by atoms with Gasteiger partial charge < -0.3 is 5.32 Å². The Morgan fingerprint density at radius 2 is 2.00 bits per heavy atom. The number of carbonyl (C=O) groups is 1. The summed E-state index contributed by atoms with van der Waals surface area (Å²) in [6.07, 6.45) is 5.55. The predicted octanol–water partition coefficient (Wildman–Crippen LogP) is 3.72. The first-order valence-corrected chi connectivity index (χ1v) is 8.11. The molecule has 21 heavy (non-hydrogen) atoms. The maximum absolute atomic E-state index is 12.3. The van der Waals surface area contributed by atoms with Gasteiger partial charge in [-0.15, -0.1) is 11.8 Å². The van der Waals surface area contributed by atoms with Gasteiger partial charge in [-0.05, 0) is 30.7 Å². The minimum atomic E-state index is -0.165. The SMILES string of the molecule is CCSc1ccccc1NC(=O)c1cnc(C2CC2)nc1. The van der Waals surface area contributed by atoms with Crippen molar-refractivity contribution >= 4 is 23.4 Å². The Morgan fingerprint density at radius 1 is 1.29 bits per heavy atom. The van der Waals surface area contributed by atoms with Crippen LogP contribution in [0.25, 0.3) is 0 Å². The summed E-state index contributed by atoms with van der Waals surface area (Å²) in [4.78, 5) is 21.9. The van der Waals surface area contributed by atoms with Crippen molar-refractivity contribution in [3.05, 3.63) is 48.0 Å². The average molecular weight is 299 g/mol. The van der Waals surface area contributed by atoms with Gasteiger partial charge >= 0.3 is 0 Å². The van der Waals surface area contributed by atoms with Crippen LogP contribution >= 0.6 is 11.8 Å². The van der Waals surface area contributed by atoms with E-state index < -0.39 is 0 Å².